The van der Waals surface area contributed by atoms with Crippen molar-refractivity contribution in [3.8, 4) is 0 Å². The van der Waals surface area contributed by atoms with E-state index in [0.717, 1.165) is 16.2 Å². The van der Waals surface area contributed by atoms with Crippen LogP contribution in [0.4, 0.5) is 0 Å². The van der Waals surface area contributed by atoms with Crippen LogP contribution in [0.3, 0.4) is 0 Å². The van der Waals surface area contributed by atoms with Crippen molar-refractivity contribution in [1.82, 2.24) is 25.2 Å². The normalized spacial score (nSPS) is 28.9. The summed E-state index contributed by atoms with van der Waals surface area (Å²) in [6.07, 6.45) is 5.01. The smallest absolute Gasteiger partial charge is 0.153 e. The van der Waals surface area contributed by atoms with Gasteiger partial charge in [0.1, 0.15) is 0 Å². The third-order valence-electron chi connectivity index (χ3n) is 4.83. The van der Waals surface area contributed by atoms with Crippen molar-refractivity contribution in [1.29, 1.82) is 0 Å². The summed E-state index contributed by atoms with van der Waals surface area (Å²) in [4.78, 5) is 2.39. The number of nitrogens with one attached hydrogen (secondary N) is 1. The van der Waals surface area contributed by atoms with Crippen molar-refractivity contribution in [2.24, 2.45) is 13.0 Å². The lowest BCUT2D eigenvalue weighted by Crippen LogP contribution is -2.56. The minimum Gasteiger partial charge on any atom is -0.310 e. The van der Waals surface area contributed by atoms with Gasteiger partial charge in [0.05, 0.1) is 11.7 Å². The molecule has 5 nitrogen and oxygen atoms in total. The van der Waals surface area contributed by atoms with Crippen LogP contribution in [0, 0.1) is 5.92 Å². The summed E-state index contributed by atoms with van der Waals surface area (Å²) in [6.45, 7) is 2.36. The van der Waals surface area contributed by atoms with E-state index < -0.39 is 0 Å². The minimum atomic E-state index is 0.115. The molecule has 1 aromatic rings. The Morgan fingerprint density at radius 3 is 2.65 bits per heavy atom. The van der Waals surface area contributed by atoms with E-state index in [9.17, 15) is 0 Å². The van der Waals surface area contributed by atoms with Crippen molar-refractivity contribution in [2.75, 3.05) is 21.1 Å². The zero-order valence-electron chi connectivity index (χ0n) is 13.1. The highest BCUT2D eigenvalue weighted by molar-refractivity contribution is 9.10. The molecule has 1 aromatic heterocycles. The zero-order chi connectivity index (χ0) is 14.9. The Bertz CT molecular complexity index is 439. The number of nitrogens with zero attached hydrogens (tertiary/aromatic N) is 4. The Morgan fingerprint density at radius 2 is 2.20 bits per heavy atom. The van der Waals surface area contributed by atoms with Crippen LogP contribution in [0.1, 0.15) is 44.3 Å². The van der Waals surface area contributed by atoms with Crippen molar-refractivity contribution in [3.05, 3.63) is 10.3 Å². The monoisotopic (exact) mass is 343 g/mol. The lowest BCUT2D eigenvalue weighted by atomic mass is 9.70. The first-order valence-electron chi connectivity index (χ1n) is 7.32. The fourth-order valence-electron chi connectivity index (χ4n) is 3.80. The molecule has 114 valence electrons. The molecule has 0 amide bonds. The van der Waals surface area contributed by atoms with Crippen molar-refractivity contribution < 1.29 is 0 Å². The molecule has 3 unspecified atom stereocenters. The van der Waals surface area contributed by atoms with E-state index in [2.05, 4.69) is 57.5 Å². The lowest BCUT2D eigenvalue weighted by molar-refractivity contribution is 0.0364. The maximum Gasteiger partial charge on any atom is 0.153 e. The summed E-state index contributed by atoms with van der Waals surface area (Å²) in [7, 11) is 8.39. The third kappa shape index (κ3) is 2.65. The maximum absolute atomic E-state index is 4.16. The molecule has 1 heterocycles. The van der Waals surface area contributed by atoms with E-state index in [1.54, 1.807) is 0 Å². The van der Waals surface area contributed by atoms with Gasteiger partial charge in [0, 0.05) is 12.6 Å². The number of aryl methyl sites for hydroxylation is 1. The Hall–Kier alpha value is -0.460. The average Bonchev–Trinajstić information content (AvgIpc) is 2.71. The average molecular weight is 344 g/mol. The van der Waals surface area contributed by atoms with Gasteiger partial charge in [-0.05, 0) is 55.8 Å². The Kier molecular flexibility index (Phi) is 4.87. The molecule has 0 spiro atoms. The molecule has 1 N–H and O–H groups in total. The number of hydrogen-bond acceptors (Lipinski definition) is 4. The maximum atomic E-state index is 4.16. The molecule has 0 saturated heterocycles. The summed E-state index contributed by atoms with van der Waals surface area (Å²) >= 11 is 3.56. The van der Waals surface area contributed by atoms with Gasteiger partial charge in [0.2, 0.25) is 0 Å². The molecule has 3 atom stereocenters. The van der Waals surface area contributed by atoms with Gasteiger partial charge in [0.25, 0.3) is 0 Å². The molecule has 1 fully saturated rings. The first-order chi connectivity index (χ1) is 9.42. The van der Waals surface area contributed by atoms with Gasteiger partial charge in [-0.15, -0.1) is 5.10 Å². The van der Waals surface area contributed by atoms with Crippen molar-refractivity contribution >= 4 is 15.9 Å². The van der Waals surface area contributed by atoms with Gasteiger partial charge in [0.15, 0.2) is 4.60 Å². The van der Waals surface area contributed by atoms with Crippen LogP contribution in [-0.4, -0.2) is 46.6 Å². The molecule has 0 aliphatic heterocycles. The molecule has 20 heavy (non-hydrogen) atoms. The van der Waals surface area contributed by atoms with E-state index in [1.807, 2.05) is 18.8 Å². The third-order valence-corrected chi connectivity index (χ3v) is 5.39. The van der Waals surface area contributed by atoms with Crippen LogP contribution in [-0.2, 0) is 7.05 Å². The first kappa shape index (κ1) is 15.9. The molecule has 6 heteroatoms. The summed E-state index contributed by atoms with van der Waals surface area (Å²) in [5, 5.41) is 11.8. The number of halogens is 1. The van der Waals surface area contributed by atoms with E-state index in [1.165, 1.54) is 25.7 Å². The second-order valence-corrected chi connectivity index (χ2v) is 7.06. The first-order valence-corrected chi connectivity index (χ1v) is 8.11. The van der Waals surface area contributed by atoms with Gasteiger partial charge in [-0.2, -0.15) is 0 Å². The van der Waals surface area contributed by atoms with Gasteiger partial charge in [-0.1, -0.05) is 25.0 Å². The number of rotatable bonds is 4. The van der Waals surface area contributed by atoms with Gasteiger partial charge >= 0.3 is 0 Å². The van der Waals surface area contributed by atoms with Crippen LogP contribution in [0.5, 0.6) is 0 Å². The highest BCUT2D eigenvalue weighted by Gasteiger charge is 2.45. The fourth-order valence-corrected chi connectivity index (χ4v) is 4.35. The lowest BCUT2D eigenvalue weighted by Gasteiger charge is -2.50. The second kappa shape index (κ2) is 6.12. The van der Waals surface area contributed by atoms with Crippen molar-refractivity contribution in [2.45, 2.75) is 44.2 Å². The molecule has 1 saturated carbocycles. The molecule has 2 rings (SSSR count). The zero-order valence-corrected chi connectivity index (χ0v) is 14.7. The van der Waals surface area contributed by atoms with E-state index in [-0.39, 0.29) is 11.6 Å². The standard InChI is InChI=1S/C14H26BrN5/c1-10-7-6-8-14(9-10,19(3)4)12(16-2)11-13(15)17-18-20(11)5/h10,12,16H,6-9H2,1-5H3. The van der Waals surface area contributed by atoms with Crippen LogP contribution >= 0.6 is 15.9 Å². The van der Waals surface area contributed by atoms with E-state index in [0.29, 0.717) is 0 Å². The van der Waals surface area contributed by atoms with Gasteiger partial charge in [-0.3, -0.25) is 0 Å². The van der Waals surface area contributed by atoms with Gasteiger partial charge < -0.3 is 10.2 Å². The molecule has 0 bridgehead atoms. The van der Waals surface area contributed by atoms with E-state index >= 15 is 0 Å². The quantitative estimate of drug-likeness (QED) is 0.911. The Labute approximate surface area is 130 Å². The van der Waals surface area contributed by atoms with E-state index in [4.69, 9.17) is 0 Å². The predicted molar refractivity (Wildman–Crippen MR) is 84.6 cm³/mol. The summed E-state index contributed by atoms with van der Waals surface area (Å²) in [5.41, 5.74) is 1.25. The number of hydrogen-bond donors (Lipinski definition) is 1. The largest absolute Gasteiger partial charge is 0.310 e. The van der Waals surface area contributed by atoms with Crippen molar-refractivity contribution in [3.63, 3.8) is 0 Å². The van der Waals surface area contributed by atoms with Crippen LogP contribution < -0.4 is 5.32 Å². The molecule has 0 radical (unpaired) electrons. The van der Waals surface area contributed by atoms with Crippen LogP contribution in [0.15, 0.2) is 4.60 Å². The molecular weight excluding hydrogens is 318 g/mol. The topological polar surface area (TPSA) is 46.0 Å². The SMILES string of the molecule is CNC(c1c(Br)nnn1C)C1(N(C)C)CCCC(C)C1. The highest BCUT2D eigenvalue weighted by atomic mass is 79.9. The number of aromatic nitrogens is 3. The highest BCUT2D eigenvalue weighted by Crippen LogP contribution is 2.44. The fraction of sp³-hybridized carbons (Fsp3) is 0.857. The number of likely N-dealkylation sites (N-methyl/N-ethyl adjacent to an activating group) is 2. The summed E-state index contributed by atoms with van der Waals surface area (Å²) < 4.78 is 2.73. The predicted octanol–water partition coefficient (Wildman–Crippen LogP) is 2.35. The second-order valence-electron chi connectivity index (χ2n) is 6.31. The Morgan fingerprint density at radius 1 is 1.50 bits per heavy atom. The minimum absolute atomic E-state index is 0.115. The molecular formula is C14H26BrN5. The summed E-state index contributed by atoms with van der Waals surface area (Å²) in [5.74, 6) is 0.752. The molecule has 1 aliphatic rings. The summed E-state index contributed by atoms with van der Waals surface area (Å²) in [6, 6.07) is 0.217. The van der Waals surface area contributed by atoms with Gasteiger partial charge in [-0.25, -0.2) is 4.68 Å². The Balaban J connectivity index is 2.45. The van der Waals surface area contributed by atoms with Crippen LogP contribution in [0.25, 0.3) is 0 Å². The molecule has 0 aromatic carbocycles. The van der Waals surface area contributed by atoms with Crippen LogP contribution in [0.2, 0.25) is 0 Å². The molecule has 1 aliphatic carbocycles.